The van der Waals surface area contributed by atoms with E-state index in [4.69, 9.17) is 4.74 Å². The van der Waals surface area contributed by atoms with Gasteiger partial charge in [0.15, 0.2) is 6.61 Å². The second kappa shape index (κ2) is 9.38. The number of nitrogens with zero attached hydrogens (tertiary/aromatic N) is 3. The molecule has 3 amide bonds. The van der Waals surface area contributed by atoms with E-state index in [9.17, 15) is 24.5 Å². The molecule has 2 N–H and O–H groups in total. The highest BCUT2D eigenvalue weighted by Crippen LogP contribution is 2.32. The van der Waals surface area contributed by atoms with Gasteiger partial charge in [-0.25, -0.2) is 0 Å². The molecule has 2 aromatic carbocycles. The van der Waals surface area contributed by atoms with Crippen molar-refractivity contribution in [1.82, 2.24) is 10.2 Å². The van der Waals surface area contributed by atoms with Crippen LogP contribution in [0.3, 0.4) is 0 Å². The predicted molar refractivity (Wildman–Crippen MR) is 124 cm³/mol. The van der Waals surface area contributed by atoms with Gasteiger partial charge in [-0.3, -0.25) is 24.5 Å². The summed E-state index contributed by atoms with van der Waals surface area (Å²) in [4.78, 5) is 50.8. The lowest BCUT2D eigenvalue weighted by atomic mass is 10.1. The Morgan fingerprint density at radius 3 is 2.56 bits per heavy atom. The first-order valence-corrected chi connectivity index (χ1v) is 10.9. The summed E-state index contributed by atoms with van der Waals surface area (Å²) in [6.07, 6.45) is 0. The predicted octanol–water partition coefficient (Wildman–Crippen LogP) is 2.09. The minimum absolute atomic E-state index is 0.0240. The van der Waals surface area contributed by atoms with E-state index in [1.54, 1.807) is 42.2 Å². The maximum atomic E-state index is 12.9. The van der Waals surface area contributed by atoms with Crippen LogP contribution in [0.2, 0.25) is 0 Å². The van der Waals surface area contributed by atoms with Crippen LogP contribution >= 0.6 is 0 Å². The van der Waals surface area contributed by atoms with Crippen molar-refractivity contribution in [2.45, 2.75) is 19.9 Å². The molecule has 0 spiro atoms. The number of benzene rings is 2. The van der Waals surface area contributed by atoms with Gasteiger partial charge in [0.05, 0.1) is 16.7 Å². The van der Waals surface area contributed by atoms with Crippen molar-refractivity contribution < 1.29 is 24.0 Å². The summed E-state index contributed by atoms with van der Waals surface area (Å²) in [6.45, 7) is 5.16. The van der Waals surface area contributed by atoms with Crippen LogP contribution in [-0.4, -0.2) is 60.3 Å². The number of piperazine rings is 1. The first-order valence-electron chi connectivity index (χ1n) is 10.9. The van der Waals surface area contributed by atoms with Gasteiger partial charge in [0.25, 0.3) is 17.5 Å². The molecule has 1 fully saturated rings. The van der Waals surface area contributed by atoms with Crippen LogP contribution in [0.15, 0.2) is 36.4 Å². The number of fused-ring (bicyclic) bond motifs is 1. The summed E-state index contributed by atoms with van der Waals surface area (Å²) in [5, 5.41) is 17.3. The van der Waals surface area contributed by atoms with E-state index in [0.717, 1.165) is 5.56 Å². The largest absolute Gasteiger partial charge is 0.482 e. The van der Waals surface area contributed by atoms with Crippen molar-refractivity contribution >= 4 is 34.8 Å². The lowest BCUT2D eigenvalue weighted by Gasteiger charge is -2.35. The topological polar surface area (TPSA) is 134 Å². The van der Waals surface area contributed by atoms with Crippen molar-refractivity contribution in [3.63, 3.8) is 0 Å². The van der Waals surface area contributed by atoms with Crippen molar-refractivity contribution in [3.05, 3.63) is 57.6 Å². The van der Waals surface area contributed by atoms with E-state index in [0.29, 0.717) is 43.3 Å². The molecular formula is C23H25N5O6. The lowest BCUT2D eigenvalue weighted by molar-refractivity contribution is -0.384. The van der Waals surface area contributed by atoms with Gasteiger partial charge in [0, 0.05) is 44.7 Å². The quantitative estimate of drug-likeness (QED) is 0.508. The van der Waals surface area contributed by atoms with Gasteiger partial charge in [-0.05, 0) is 36.8 Å². The van der Waals surface area contributed by atoms with Gasteiger partial charge in [0.2, 0.25) is 5.91 Å². The number of nitro groups is 1. The fourth-order valence-corrected chi connectivity index (χ4v) is 4.07. The average molecular weight is 467 g/mol. The Labute approximate surface area is 195 Å². The Morgan fingerprint density at radius 2 is 1.88 bits per heavy atom. The molecule has 0 aromatic heterocycles. The number of hydrogen-bond donors (Lipinski definition) is 2. The number of ether oxygens (including phenoxy) is 1. The van der Waals surface area contributed by atoms with Gasteiger partial charge < -0.3 is 25.2 Å². The normalized spacial score (nSPS) is 16.1. The second-order valence-electron chi connectivity index (χ2n) is 8.24. The Bertz CT molecular complexity index is 1160. The fourth-order valence-electron chi connectivity index (χ4n) is 4.07. The number of nitro benzene ring substituents is 1. The van der Waals surface area contributed by atoms with Crippen LogP contribution in [0.25, 0.3) is 0 Å². The van der Waals surface area contributed by atoms with E-state index < -0.39 is 16.9 Å². The highest BCUT2D eigenvalue weighted by atomic mass is 16.6. The maximum Gasteiger partial charge on any atom is 0.293 e. The molecule has 1 atom stereocenters. The number of amides is 3. The molecule has 11 heteroatoms. The van der Waals surface area contributed by atoms with Crippen molar-refractivity contribution in [2.24, 2.45) is 0 Å². The van der Waals surface area contributed by atoms with Crippen molar-refractivity contribution in [1.29, 1.82) is 0 Å². The van der Waals surface area contributed by atoms with E-state index in [-0.39, 0.29) is 29.7 Å². The highest BCUT2D eigenvalue weighted by molar-refractivity contribution is 5.97. The zero-order valence-electron chi connectivity index (χ0n) is 18.9. The molecule has 2 aliphatic rings. The molecule has 4 rings (SSSR count). The smallest absolute Gasteiger partial charge is 0.293 e. The molecule has 2 heterocycles. The van der Waals surface area contributed by atoms with Crippen LogP contribution in [0.1, 0.15) is 35.8 Å². The number of carbonyl (C=O) groups is 3. The molecule has 2 aliphatic heterocycles. The summed E-state index contributed by atoms with van der Waals surface area (Å²) in [6, 6.07) is 9.22. The van der Waals surface area contributed by atoms with Gasteiger partial charge in [-0.1, -0.05) is 6.07 Å². The number of carbonyl (C=O) groups excluding carboxylic acids is 3. The Morgan fingerprint density at radius 1 is 1.15 bits per heavy atom. The van der Waals surface area contributed by atoms with Crippen LogP contribution in [-0.2, 0) is 9.59 Å². The molecule has 0 bridgehead atoms. The molecule has 0 radical (unpaired) electrons. The summed E-state index contributed by atoms with van der Waals surface area (Å²) < 4.78 is 5.35. The number of hydrogen-bond acceptors (Lipinski definition) is 7. The monoisotopic (exact) mass is 467 g/mol. The third kappa shape index (κ3) is 4.77. The molecular weight excluding hydrogens is 442 g/mol. The average Bonchev–Trinajstić information content (AvgIpc) is 2.83. The van der Waals surface area contributed by atoms with Gasteiger partial charge in [-0.15, -0.1) is 0 Å². The van der Waals surface area contributed by atoms with E-state index >= 15 is 0 Å². The molecule has 0 aliphatic carbocycles. The zero-order valence-corrected chi connectivity index (χ0v) is 18.9. The number of anilines is 2. The summed E-state index contributed by atoms with van der Waals surface area (Å²) >= 11 is 0. The van der Waals surface area contributed by atoms with Crippen molar-refractivity contribution in [3.8, 4) is 5.75 Å². The van der Waals surface area contributed by atoms with Crippen LogP contribution < -0.4 is 20.3 Å². The Kier molecular flexibility index (Phi) is 6.35. The molecule has 11 nitrogen and oxygen atoms in total. The third-order valence-corrected chi connectivity index (χ3v) is 5.98. The van der Waals surface area contributed by atoms with Gasteiger partial charge in [0.1, 0.15) is 11.4 Å². The summed E-state index contributed by atoms with van der Waals surface area (Å²) in [5.41, 5.74) is 1.69. The Hall–Kier alpha value is -4.15. The molecule has 2 aromatic rings. The first-order chi connectivity index (χ1) is 16.2. The van der Waals surface area contributed by atoms with Crippen molar-refractivity contribution in [2.75, 3.05) is 43.0 Å². The van der Waals surface area contributed by atoms with Crippen LogP contribution in [0, 0.1) is 10.1 Å². The first kappa shape index (κ1) is 23.0. The third-order valence-electron chi connectivity index (χ3n) is 5.98. The van der Waals surface area contributed by atoms with E-state index in [2.05, 4.69) is 10.6 Å². The summed E-state index contributed by atoms with van der Waals surface area (Å²) in [7, 11) is 0. The maximum absolute atomic E-state index is 12.9. The number of nitrogens with one attached hydrogen (secondary N) is 2. The number of rotatable bonds is 5. The van der Waals surface area contributed by atoms with E-state index in [1.807, 2.05) is 4.90 Å². The molecule has 1 saturated heterocycles. The SMILES string of the molecule is CC(=O)N1CCN(c2ccc(C(=O)NC(C)c3ccc4c(c3)NC(=O)CO4)cc2[N+](=O)[O-])CC1. The molecule has 0 saturated carbocycles. The summed E-state index contributed by atoms with van der Waals surface area (Å²) in [5.74, 6) is -0.181. The fraction of sp³-hybridized carbons (Fsp3) is 0.348. The molecule has 1 unspecified atom stereocenters. The highest BCUT2D eigenvalue weighted by Gasteiger charge is 2.26. The molecule has 34 heavy (non-hydrogen) atoms. The lowest BCUT2D eigenvalue weighted by Crippen LogP contribution is -2.48. The van der Waals surface area contributed by atoms with Gasteiger partial charge in [-0.2, -0.15) is 0 Å². The van der Waals surface area contributed by atoms with Crippen LogP contribution in [0.5, 0.6) is 5.75 Å². The standard InChI is InChI=1S/C23H25N5O6/c1-14(16-4-6-21-18(11-16)25-22(30)13-34-21)24-23(31)17-3-5-19(20(12-17)28(32)33)27-9-7-26(8-10-27)15(2)29/h3-6,11-12,14H,7-10,13H2,1-2H3,(H,24,31)(H,25,30). The minimum Gasteiger partial charge on any atom is -0.482 e. The van der Waals surface area contributed by atoms with Crippen LogP contribution in [0.4, 0.5) is 17.1 Å². The zero-order chi connectivity index (χ0) is 24.4. The Balaban J connectivity index is 1.49. The second-order valence-corrected chi connectivity index (χ2v) is 8.24. The van der Waals surface area contributed by atoms with Gasteiger partial charge >= 0.3 is 0 Å². The molecule has 178 valence electrons. The van der Waals surface area contributed by atoms with E-state index in [1.165, 1.54) is 13.0 Å². The minimum atomic E-state index is -0.501.